The number of hydrogen-bond donors (Lipinski definition) is 1. The van der Waals surface area contributed by atoms with Crippen molar-refractivity contribution < 1.29 is 4.39 Å². The Morgan fingerprint density at radius 1 is 1.05 bits per heavy atom. The van der Waals surface area contributed by atoms with Crippen LogP contribution >= 0.6 is 15.9 Å². The summed E-state index contributed by atoms with van der Waals surface area (Å²) in [6.07, 6.45) is 2.88. The Kier molecular flexibility index (Phi) is 4.08. The molecule has 1 heterocycles. The van der Waals surface area contributed by atoms with Gasteiger partial charge in [-0.15, -0.1) is 0 Å². The molecule has 0 saturated carbocycles. The Morgan fingerprint density at radius 3 is 2.62 bits per heavy atom. The molecule has 0 amide bonds. The number of nitrogens with two attached hydrogens (primary N) is 1. The molecular formula is C17H16BrFN2. The predicted molar refractivity (Wildman–Crippen MR) is 87.9 cm³/mol. The minimum Gasteiger partial charge on any atom is -0.343 e. The maximum absolute atomic E-state index is 13.6. The van der Waals surface area contributed by atoms with Crippen molar-refractivity contribution in [2.75, 3.05) is 6.54 Å². The van der Waals surface area contributed by atoms with Crippen LogP contribution in [0.3, 0.4) is 0 Å². The van der Waals surface area contributed by atoms with Gasteiger partial charge in [0.25, 0.3) is 0 Å². The molecule has 4 heteroatoms. The first-order valence-electron chi connectivity index (χ1n) is 6.90. The maximum Gasteiger partial charge on any atom is 0.137 e. The lowest BCUT2D eigenvalue weighted by Gasteiger charge is -2.11. The van der Waals surface area contributed by atoms with E-state index in [4.69, 9.17) is 5.73 Å². The molecule has 2 nitrogen and oxygen atoms in total. The predicted octanol–water partition coefficient (Wildman–Crippen LogP) is 4.09. The quantitative estimate of drug-likeness (QED) is 0.757. The molecule has 0 aliphatic heterocycles. The highest BCUT2D eigenvalue weighted by Crippen LogP contribution is 2.25. The van der Waals surface area contributed by atoms with E-state index in [0.29, 0.717) is 17.6 Å². The number of nitrogens with zero attached hydrogens (tertiary/aromatic N) is 1. The fourth-order valence-electron chi connectivity index (χ4n) is 2.68. The van der Waals surface area contributed by atoms with E-state index >= 15 is 0 Å². The zero-order chi connectivity index (χ0) is 14.8. The monoisotopic (exact) mass is 346 g/mol. The third-order valence-electron chi connectivity index (χ3n) is 3.66. The van der Waals surface area contributed by atoms with Gasteiger partial charge in [0.15, 0.2) is 0 Å². The standard InChI is InChI=1S/C17H16BrFN2/c18-16-14(5-2-6-15(16)19)11-21-10-8-13-4-1-3-12(7-9-20)17(13)21/h1-6,8,10H,7,9,11,20H2. The van der Waals surface area contributed by atoms with Crippen molar-refractivity contribution in [3.05, 3.63) is 70.1 Å². The van der Waals surface area contributed by atoms with Gasteiger partial charge in [0.05, 0.1) is 9.99 Å². The summed E-state index contributed by atoms with van der Waals surface area (Å²) in [5.41, 5.74) is 9.04. The fourth-order valence-corrected chi connectivity index (χ4v) is 3.07. The van der Waals surface area contributed by atoms with Crippen LogP contribution in [0.2, 0.25) is 0 Å². The fraction of sp³-hybridized carbons (Fsp3) is 0.176. The van der Waals surface area contributed by atoms with Crippen molar-refractivity contribution in [1.29, 1.82) is 0 Å². The molecule has 0 bridgehead atoms. The van der Waals surface area contributed by atoms with Crippen molar-refractivity contribution in [1.82, 2.24) is 4.57 Å². The van der Waals surface area contributed by atoms with Gasteiger partial charge in [0, 0.05) is 12.7 Å². The van der Waals surface area contributed by atoms with Crippen LogP contribution in [0.15, 0.2) is 53.1 Å². The van der Waals surface area contributed by atoms with Crippen molar-refractivity contribution in [2.45, 2.75) is 13.0 Å². The second kappa shape index (κ2) is 6.00. The van der Waals surface area contributed by atoms with E-state index in [1.54, 1.807) is 6.07 Å². The summed E-state index contributed by atoms with van der Waals surface area (Å²) in [5, 5.41) is 1.19. The first-order valence-corrected chi connectivity index (χ1v) is 7.69. The number of aromatic nitrogens is 1. The van der Waals surface area contributed by atoms with Crippen LogP contribution in [0.25, 0.3) is 10.9 Å². The Bertz CT molecular complexity index is 780. The zero-order valence-electron chi connectivity index (χ0n) is 11.5. The lowest BCUT2D eigenvalue weighted by molar-refractivity contribution is 0.616. The lowest BCUT2D eigenvalue weighted by Crippen LogP contribution is -2.06. The first-order chi connectivity index (χ1) is 10.2. The van der Waals surface area contributed by atoms with E-state index in [1.165, 1.54) is 22.5 Å². The normalized spacial score (nSPS) is 11.2. The van der Waals surface area contributed by atoms with Gasteiger partial charge in [0.2, 0.25) is 0 Å². The van der Waals surface area contributed by atoms with Crippen LogP contribution in [0.5, 0.6) is 0 Å². The van der Waals surface area contributed by atoms with E-state index in [-0.39, 0.29) is 5.82 Å². The Hall–Kier alpha value is -1.65. The van der Waals surface area contributed by atoms with E-state index in [9.17, 15) is 4.39 Å². The molecule has 0 atom stereocenters. The summed E-state index contributed by atoms with van der Waals surface area (Å²) in [5.74, 6) is -0.230. The molecule has 0 unspecified atom stereocenters. The second-order valence-corrected chi connectivity index (χ2v) is 5.84. The van der Waals surface area contributed by atoms with Crippen molar-refractivity contribution in [3.63, 3.8) is 0 Å². The van der Waals surface area contributed by atoms with Crippen molar-refractivity contribution in [2.24, 2.45) is 5.73 Å². The van der Waals surface area contributed by atoms with Crippen molar-refractivity contribution >= 4 is 26.8 Å². The summed E-state index contributed by atoms with van der Waals surface area (Å²) in [4.78, 5) is 0. The molecule has 2 N–H and O–H groups in total. The van der Waals surface area contributed by atoms with Crippen LogP contribution in [0, 0.1) is 5.82 Å². The largest absolute Gasteiger partial charge is 0.343 e. The molecule has 0 radical (unpaired) electrons. The molecule has 3 rings (SSSR count). The van der Waals surface area contributed by atoms with Gasteiger partial charge in [-0.3, -0.25) is 0 Å². The van der Waals surface area contributed by atoms with Gasteiger partial charge in [0.1, 0.15) is 5.82 Å². The molecule has 0 spiro atoms. The molecule has 0 aliphatic carbocycles. The van der Waals surface area contributed by atoms with Crippen LogP contribution in [-0.2, 0) is 13.0 Å². The van der Waals surface area contributed by atoms with Crippen LogP contribution in [0.4, 0.5) is 4.39 Å². The molecule has 2 aromatic carbocycles. The molecule has 1 aromatic heterocycles. The van der Waals surface area contributed by atoms with E-state index in [2.05, 4.69) is 44.8 Å². The third kappa shape index (κ3) is 2.74. The molecule has 0 fully saturated rings. The van der Waals surface area contributed by atoms with E-state index in [0.717, 1.165) is 12.0 Å². The summed E-state index contributed by atoms with van der Waals surface area (Å²) in [7, 11) is 0. The summed E-state index contributed by atoms with van der Waals surface area (Å²) < 4.78 is 16.3. The highest BCUT2D eigenvalue weighted by Gasteiger charge is 2.10. The van der Waals surface area contributed by atoms with Gasteiger partial charge in [-0.05, 0) is 57.5 Å². The van der Waals surface area contributed by atoms with Gasteiger partial charge in [-0.25, -0.2) is 4.39 Å². The zero-order valence-corrected chi connectivity index (χ0v) is 13.1. The topological polar surface area (TPSA) is 30.9 Å². The van der Waals surface area contributed by atoms with E-state index < -0.39 is 0 Å². The number of halogens is 2. The molecule has 3 aromatic rings. The lowest BCUT2D eigenvalue weighted by atomic mass is 10.1. The second-order valence-electron chi connectivity index (χ2n) is 5.05. The number of benzene rings is 2. The third-order valence-corrected chi connectivity index (χ3v) is 4.55. The van der Waals surface area contributed by atoms with Gasteiger partial charge < -0.3 is 10.3 Å². The minimum atomic E-state index is -0.230. The number of para-hydroxylation sites is 1. The maximum atomic E-state index is 13.6. The summed E-state index contributed by atoms with van der Waals surface area (Å²) in [6, 6.07) is 13.5. The first kappa shape index (κ1) is 14.3. The number of hydrogen-bond acceptors (Lipinski definition) is 1. The minimum absolute atomic E-state index is 0.230. The van der Waals surface area contributed by atoms with Gasteiger partial charge in [-0.2, -0.15) is 0 Å². The SMILES string of the molecule is NCCc1cccc2ccn(Cc3cccc(F)c3Br)c12. The Balaban J connectivity index is 2.06. The highest BCUT2D eigenvalue weighted by atomic mass is 79.9. The smallest absolute Gasteiger partial charge is 0.137 e. The van der Waals surface area contributed by atoms with Gasteiger partial charge in [-0.1, -0.05) is 30.3 Å². The van der Waals surface area contributed by atoms with Crippen LogP contribution in [-0.4, -0.2) is 11.1 Å². The summed E-state index contributed by atoms with van der Waals surface area (Å²) >= 11 is 3.33. The average molecular weight is 347 g/mol. The number of fused-ring (bicyclic) bond motifs is 1. The number of rotatable bonds is 4. The van der Waals surface area contributed by atoms with Crippen molar-refractivity contribution in [3.8, 4) is 0 Å². The van der Waals surface area contributed by atoms with E-state index in [1.807, 2.05) is 12.3 Å². The Labute approximate surface area is 131 Å². The van der Waals surface area contributed by atoms with Gasteiger partial charge >= 0.3 is 0 Å². The summed E-state index contributed by atoms with van der Waals surface area (Å²) in [6.45, 7) is 1.25. The van der Waals surface area contributed by atoms with Crippen LogP contribution in [0.1, 0.15) is 11.1 Å². The molecule has 0 aliphatic rings. The molecule has 108 valence electrons. The van der Waals surface area contributed by atoms with Crippen LogP contribution < -0.4 is 5.73 Å². The average Bonchev–Trinajstić information content (AvgIpc) is 2.89. The molecule has 0 saturated heterocycles. The molecular weight excluding hydrogens is 331 g/mol. The highest BCUT2D eigenvalue weighted by molar-refractivity contribution is 9.10. The molecule has 21 heavy (non-hydrogen) atoms. The Morgan fingerprint density at radius 2 is 1.81 bits per heavy atom.